The molecule has 2 aromatic carbocycles. The first-order chi connectivity index (χ1) is 12.7. The Hall–Kier alpha value is -1.77. The number of allylic oxidation sites excluding steroid dienone is 1. The molecule has 1 aliphatic carbocycles. The van der Waals surface area contributed by atoms with Gasteiger partial charge in [-0.3, -0.25) is 0 Å². The second-order valence-corrected chi connectivity index (χ2v) is 13.6. The Morgan fingerprint density at radius 2 is 1.93 bits per heavy atom. The number of hydrogen-bond donors (Lipinski definition) is 0. The highest BCUT2D eigenvalue weighted by molar-refractivity contribution is 7.01. The number of rotatable bonds is 5. The maximum absolute atomic E-state index is 6.61. The average Bonchev–Trinajstić information content (AvgIpc) is 3.07. The van der Waals surface area contributed by atoms with E-state index in [2.05, 4.69) is 82.9 Å². The molecule has 0 aromatic heterocycles. The van der Waals surface area contributed by atoms with Crippen LogP contribution in [0.4, 0.5) is 0 Å². The topological polar surface area (TPSA) is 9.23 Å². The fraction of sp³-hybridized carbons (Fsp3) is 0.333. The molecule has 0 heterocycles. The van der Waals surface area contributed by atoms with E-state index in [4.69, 9.17) is 16.3 Å². The molecule has 0 spiro atoms. The van der Waals surface area contributed by atoms with Crippen molar-refractivity contribution in [1.82, 2.24) is 0 Å². The summed E-state index contributed by atoms with van der Waals surface area (Å²) in [5, 5.41) is 3.49. The van der Waals surface area contributed by atoms with Crippen LogP contribution in [0.25, 0.3) is 6.08 Å². The van der Waals surface area contributed by atoms with Crippen molar-refractivity contribution in [2.24, 2.45) is 0 Å². The minimum absolute atomic E-state index is 0.0564. The highest BCUT2D eigenvalue weighted by Gasteiger charge is 2.35. The third-order valence-corrected chi connectivity index (χ3v) is 9.09. The summed E-state index contributed by atoms with van der Waals surface area (Å²) in [5.74, 6) is 0.989. The number of hydrogen-bond acceptors (Lipinski definition) is 1. The molecule has 1 nitrogen and oxygen atoms in total. The summed E-state index contributed by atoms with van der Waals surface area (Å²) in [7, 11) is -2.04. The first-order valence-corrected chi connectivity index (χ1v) is 12.9. The van der Waals surface area contributed by atoms with Gasteiger partial charge in [-0.2, -0.15) is 0 Å². The first kappa shape index (κ1) is 20.0. The molecular weight excluding hydrogens is 368 g/mol. The van der Waals surface area contributed by atoms with E-state index in [1.165, 1.54) is 21.5 Å². The molecule has 0 unspecified atom stereocenters. The molecule has 2 aromatic rings. The van der Waals surface area contributed by atoms with E-state index >= 15 is 0 Å². The smallest absolute Gasteiger partial charge is 0.123 e. The summed E-state index contributed by atoms with van der Waals surface area (Å²) in [5.41, 5.74) is 3.91. The highest BCUT2D eigenvalue weighted by Crippen LogP contribution is 2.34. The second-order valence-electron chi connectivity index (χ2n) is 8.79. The first-order valence-electron chi connectivity index (χ1n) is 9.53. The van der Waals surface area contributed by atoms with Gasteiger partial charge >= 0.3 is 0 Å². The van der Waals surface area contributed by atoms with Gasteiger partial charge in [0.05, 0.1) is 0 Å². The van der Waals surface area contributed by atoms with Crippen molar-refractivity contribution in [2.75, 3.05) is 6.61 Å². The van der Waals surface area contributed by atoms with Gasteiger partial charge in [-0.05, 0) is 45.5 Å². The van der Waals surface area contributed by atoms with Crippen LogP contribution in [-0.4, -0.2) is 14.7 Å². The van der Waals surface area contributed by atoms with E-state index in [9.17, 15) is 0 Å². The van der Waals surface area contributed by atoms with Crippen LogP contribution in [0.2, 0.25) is 18.1 Å². The lowest BCUT2D eigenvalue weighted by atomic mass is 9.86. The second kappa shape index (κ2) is 7.33. The summed E-state index contributed by atoms with van der Waals surface area (Å²) in [6.45, 7) is 15.7. The zero-order chi connectivity index (χ0) is 19.8. The molecule has 0 amide bonds. The molecule has 0 saturated carbocycles. The largest absolute Gasteiger partial charge is 0.489 e. The van der Waals surface area contributed by atoms with Crippen LogP contribution < -0.4 is 15.1 Å². The van der Waals surface area contributed by atoms with E-state index in [1.54, 1.807) is 0 Å². The highest BCUT2D eigenvalue weighted by atomic mass is 35.5. The Labute approximate surface area is 169 Å². The zero-order valence-electron chi connectivity index (χ0n) is 17.0. The van der Waals surface area contributed by atoms with Gasteiger partial charge in [0.1, 0.15) is 20.4 Å². The van der Waals surface area contributed by atoms with Crippen LogP contribution in [0, 0.1) is 0 Å². The molecule has 0 N–H and O–H groups in total. The Balaban J connectivity index is 2.26. The fourth-order valence-electron chi connectivity index (χ4n) is 3.89. The molecule has 0 fully saturated rings. The van der Waals surface area contributed by atoms with Gasteiger partial charge in [0, 0.05) is 10.6 Å². The van der Waals surface area contributed by atoms with Gasteiger partial charge in [-0.25, -0.2) is 0 Å². The molecule has 27 heavy (non-hydrogen) atoms. The van der Waals surface area contributed by atoms with Gasteiger partial charge in [0.15, 0.2) is 0 Å². The Bertz CT molecular complexity index is 903. The van der Waals surface area contributed by atoms with Crippen molar-refractivity contribution in [3.63, 3.8) is 0 Å². The molecule has 0 bridgehead atoms. The summed E-state index contributed by atoms with van der Waals surface area (Å²) in [6.07, 6.45) is 7.36. The molecule has 1 aliphatic rings. The van der Waals surface area contributed by atoms with E-state index in [1.807, 2.05) is 6.08 Å². The lowest BCUT2D eigenvalue weighted by Gasteiger charge is -2.32. The molecule has 142 valence electrons. The van der Waals surface area contributed by atoms with Crippen molar-refractivity contribution < 1.29 is 4.74 Å². The van der Waals surface area contributed by atoms with E-state index in [0.717, 1.165) is 22.8 Å². The SMILES string of the molecule is C=CCOc1c(C(C)(C)C)cc(Cl)cc1[Si](C)(C)c1cccc2c1C=CC2. The summed E-state index contributed by atoms with van der Waals surface area (Å²) in [4.78, 5) is 0. The predicted molar refractivity (Wildman–Crippen MR) is 122 cm³/mol. The van der Waals surface area contributed by atoms with Crippen molar-refractivity contribution in [3.05, 3.63) is 70.8 Å². The third kappa shape index (κ3) is 3.79. The minimum atomic E-state index is -2.04. The molecule has 0 radical (unpaired) electrons. The van der Waals surface area contributed by atoms with Crippen molar-refractivity contribution >= 4 is 36.1 Å². The summed E-state index contributed by atoms with van der Waals surface area (Å²) >= 11 is 6.61. The van der Waals surface area contributed by atoms with E-state index in [-0.39, 0.29) is 5.41 Å². The lowest BCUT2D eigenvalue weighted by Crippen LogP contribution is -2.55. The van der Waals surface area contributed by atoms with Crippen molar-refractivity contribution in [2.45, 2.75) is 45.7 Å². The fourth-order valence-corrected chi connectivity index (χ4v) is 7.22. The molecule has 3 rings (SSSR count). The molecular formula is C24H29ClOSi. The van der Waals surface area contributed by atoms with E-state index in [0.29, 0.717) is 6.61 Å². The normalized spacial score (nSPS) is 13.6. The average molecular weight is 397 g/mol. The number of benzene rings is 2. The maximum Gasteiger partial charge on any atom is 0.123 e. The Kier molecular flexibility index (Phi) is 5.42. The van der Waals surface area contributed by atoms with Crippen LogP contribution >= 0.6 is 11.6 Å². The number of halogens is 1. The van der Waals surface area contributed by atoms with E-state index < -0.39 is 8.07 Å². The van der Waals surface area contributed by atoms with Crippen LogP contribution in [0.15, 0.2) is 49.1 Å². The molecule has 3 heteroatoms. The van der Waals surface area contributed by atoms with Crippen molar-refractivity contribution in [3.8, 4) is 5.75 Å². The predicted octanol–water partition coefficient (Wildman–Crippen LogP) is 5.59. The minimum Gasteiger partial charge on any atom is -0.489 e. The summed E-state index contributed by atoms with van der Waals surface area (Å²) < 4.78 is 6.27. The monoisotopic (exact) mass is 396 g/mol. The van der Waals surface area contributed by atoms with Gasteiger partial charge in [-0.1, -0.05) is 88.5 Å². The molecule has 0 saturated heterocycles. The van der Waals surface area contributed by atoms with Crippen LogP contribution in [-0.2, 0) is 11.8 Å². The van der Waals surface area contributed by atoms with Crippen LogP contribution in [0.3, 0.4) is 0 Å². The van der Waals surface area contributed by atoms with Gasteiger partial charge in [0.2, 0.25) is 0 Å². The standard InChI is InChI=1S/C24H29ClOSi/c1-7-14-26-23-20(24(2,3)4)15-18(25)16-22(23)27(5,6)21-13-9-11-17-10-8-12-19(17)21/h7-9,11-13,15-16H,1,10,14H2,2-6H3. The number of ether oxygens (including phenoxy) is 1. The molecule has 0 atom stereocenters. The zero-order valence-corrected chi connectivity index (χ0v) is 18.8. The van der Waals surface area contributed by atoms with Gasteiger partial charge in [-0.15, -0.1) is 0 Å². The molecule has 0 aliphatic heterocycles. The summed E-state index contributed by atoms with van der Waals surface area (Å²) in [6, 6.07) is 10.9. The lowest BCUT2D eigenvalue weighted by molar-refractivity contribution is 0.354. The van der Waals surface area contributed by atoms with Crippen molar-refractivity contribution in [1.29, 1.82) is 0 Å². The Morgan fingerprint density at radius 3 is 2.59 bits per heavy atom. The quantitative estimate of drug-likeness (QED) is 0.472. The van der Waals surface area contributed by atoms with Gasteiger partial charge in [0.25, 0.3) is 0 Å². The van der Waals surface area contributed by atoms with Crippen LogP contribution in [0.1, 0.15) is 37.5 Å². The van der Waals surface area contributed by atoms with Gasteiger partial charge < -0.3 is 4.74 Å². The Morgan fingerprint density at radius 1 is 1.19 bits per heavy atom. The maximum atomic E-state index is 6.61. The third-order valence-electron chi connectivity index (χ3n) is 5.37. The van der Waals surface area contributed by atoms with Crippen LogP contribution in [0.5, 0.6) is 5.75 Å². The number of fused-ring (bicyclic) bond motifs is 1.